The van der Waals surface area contributed by atoms with Crippen molar-refractivity contribution < 1.29 is 0 Å². The fraction of sp³-hybridized carbons (Fsp3) is 0.0392. The first kappa shape index (κ1) is 31.7. The Kier molecular flexibility index (Phi) is 7.59. The SMILES string of the molecule is Cc1ccc(-c2nc(-c3ccc(C)cc3)nc(-c3ccc4c(-c5ccccc5)c5c6ccccc6c6ccccc6c5c(-c5ccccc5)c4c3)n2)cc1. The molecule has 0 aliphatic carbocycles. The van der Waals surface area contributed by atoms with Gasteiger partial charge in [0.2, 0.25) is 0 Å². The van der Waals surface area contributed by atoms with E-state index in [0.717, 1.165) is 22.1 Å². The number of rotatable bonds is 5. The van der Waals surface area contributed by atoms with Crippen LogP contribution in [-0.2, 0) is 0 Å². The summed E-state index contributed by atoms with van der Waals surface area (Å²) < 4.78 is 0. The molecule has 0 bridgehead atoms. The van der Waals surface area contributed by atoms with Crippen LogP contribution in [-0.4, -0.2) is 15.0 Å². The molecule has 0 spiro atoms. The molecule has 0 aliphatic rings. The first-order chi connectivity index (χ1) is 26.6. The normalized spacial score (nSPS) is 11.5. The molecule has 1 aromatic heterocycles. The summed E-state index contributed by atoms with van der Waals surface area (Å²) in [6.45, 7) is 4.19. The van der Waals surface area contributed by atoms with Gasteiger partial charge < -0.3 is 0 Å². The van der Waals surface area contributed by atoms with E-state index in [4.69, 9.17) is 15.0 Å². The van der Waals surface area contributed by atoms with Crippen LogP contribution in [0, 0.1) is 13.8 Å². The molecule has 0 aliphatic heterocycles. The number of benzene rings is 9. The van der Waals surface area contributed by atoms with Crippen LogP contribution in [0.4, 0.5) is 0 Å². The second-order valence-corrected chi connectivity index (χ2v) is 14.1. The average molecular weight is 690 g/mol. The van der Waals surface area contributed by atoms with E-state index in [1.807, 2.05) is 0 Å². The Bertz CT molecular complexity index is 2960. The maximum Gasteiger partial charge on any atom is 0.164 e. The van der Waals surface area contributed by atoms with Crippen molar-refractivity contribution in [3.63, 3.8) is 0 Å². The van der Waals surface area contributed by atoms with E-state index in [0.29, 0.717) is 17.5 Å². The van der Waals surface area contributed by atoms with Crippen LogP contribution in [0.2, 0.25) is 0 Å². The van der Waals surface area contributed by atoms with Gasteiger partial charge in [0.1, 0.15) is 0 Å². The molecule has 1 heterocycles. The van der Waals surface area contributed by atoms with E-state index in [1.165, 1.54) is 71.1 Å². The summed E-state index contributed by atoms with van der Waals surface area (Å²) in [5.41, 5.74) is 10.0. The van der Waals surface area contributed by atoms with Gasteiger partial charge >= 0.3 is 0 Å². The first-order valence-corrected chi connectivity index (χ1v) is 18.4. The Morgan fingerprint density at radius 1 is 0.278 bits per heavy atom. The lowest BCUT2D eigenvalue weighted by molar-refractivity contribution is 1.07. The van der Waals surface area contributed by atoms with Gasteiger partial charge in [0.05, 0.1) is 0 Å². The Morgan fingerprint density at radius 2 is 0.648 bits per heavy atom. The third-order valence-electron chi connectivity index (χ3n) is 10.6. The van der Waals surface area contributed by atoms with Gasteiger partial charge in [-0.05, 0) is 85.3 Å². The Morgan fingerprint density at radius 3 is 1.11 bits per heavy atom. The van der Waals surface area contributed by atoms with Crippen molar-refractivity contribution in [2.24, 2.45) is 0 Å². The predicted molar refractivity (Wildman–Crippen MR) is 227 cm³/mol. The smallest absolute Gasteiger partial charge is 0.164 e. The zero-order chi connectivity index (χ0) is 36.2. The molecule has 0 fully saturated rings. The second-order valence-electron chi connectivity index (χ2n) is 14.1. The minimum Gasteiger partial charge on any atom is -0.208 e. The molecule has 0 radical (unpaired) electrons. The van der Waals surface area contributed by atoms with Crippen molar-refractivity contribution in [1.29, 1.82) is 0 Å². The zero-order valence-electron chi connectivity index (χ0n) is 30.1. The van der Waals surface area contributed by atoms with Crippen LogP contribution in [0.5, 0.6) is 0 Å². The number of hydrogen-bond acceptors (Lipinski definition) is 3. The van der Waals surface area contributed by atoms with Gasteiger partial charge in [-0.2, -0.15) is 0 Å². The Balaban J connectivity index is 1.36. The summed E-state index contributed by atoms with van der Waals surface area (Å²) >= 11 is 0. The summed E-state index contributed by atoms with van der Waals surface area (Å²) in [4.78, 5) is 15.4. The number of aromatic nitrogens is 3. The van der Waals surface area contributed by atoms with E-state index in [9.17, 15) is 0 Å². The molecule has 0 amide bonds. The van der Waals surface area contributed by atoms with Gasteiger partial charge in [-0.3, -0.25) is 0 Å². The van der Waals surface area contributed by atoms with Crippen molar-refractivity contribution in [3.8, 4) is 56.4 Å². The maximum atomic E-state index is 5.17. The van der Waals surface area contributed by atoms with E-state index < -0.39 is 0 Å². The first-order valence-electron chi connectivity index (χ1n) is 18.4. The van der Waals surface area contributed by atoms with Crippen LogP contribution in [0.1, 0.15) is 11.1 Å². The number of nitrogens with zero attached hydrogens (tertiary/aromatic N) is 3. The van der Waals surface area contributed by atoms with Crippen molar-refractivity contribution in [1.82, 2.24) is 15.0 Å². The second kappa shape index (κ2) is 12.9. The molecule has 3 nitrogen and oxygen atoms in total. The lowest BCUT2D eigenvalue weighted by Crippen LogP contribution is -2.00. The molecule has 9 aromatic carbocycles. The average Bonchev–Trinajstić information content (AvgIpc) is 3.23. The van der Waals surface area contributed by atoms with Gasteiger partial charge in [-0.15, -0.1) is 0 Å². The standard InChI is InChI=1S/C51H35N3/c1-32-21-25-36(26-22-32)49-52-50(37-27-23-33(2)24-28-37)54-51(53-49)38-29-30-43-44(31-38)46(35-15-7-4-8-16-35)48-42-20-12-10-18-40(42)39-17-9-11-19-41(39)47(48)45(43)34-13-5-3-6-14-34/h3-31H,1-2H3. The molecule has 3 heteroatoms. The third-order valence-corrected chi connectivity index (χ3v) is 10.6. The van der Waals surface area contributed by atoms with Gasteiger partial charge in [0, 0.05) is 16.7 Å². The van der Waals surface area contributed by atoms with Crippen LogP contribution >= 0.6 is 0 Å². The maximum absolute atomic E-state index is 5.17. The highest BCUT2D eigenvalue weighted by Gasteiger charge is 2.23. The van der Waals surface area contributed by atoms with E-state index in [1.54, 1.807) is 0 Å². The summed E-state index contributed by atoms with van der Waals surface area (Å²) in [5.74, 6) is 1.95. The lowest BCUT2D eigenvalue weighted by atomic mass is 9.81. The molecule has 10 rings (SSSR count). The summed E-state index contributed by atoms with van der Waals surface area (Å²) in [7, 11) is 0. The number of aryl methyl sites for hydroxylation is 2. The topological polar surface area (TPSA) is 38.7 Å². The van der Waals surface area contributed by atoms with Gasteiger partial charge in [0.25, 0.3) is 0 Å². The van der Waals surface area contributed by atoms with E-state index in [-0.39, 0.29) is 0 Å². The Labute approximate surface area is 314 Å². The lowest BCUT2D eigenvalue weighted by Gasteiger charge is -2.22. The van der Waals surface area contributed by atoms with Crippen molar-refractivity contribution in [2.75, 3.05) is 0 Å². The molecule has 0 unspecified atom stereocenters. The van der Waals surface area contributed by atoms with Crippen molar-refractivity contribution in [3.05, 3.63) is 187 Å². The van der Waals surface area contributed by atoms with E-state index >= 15 is 0 Å². The van der Waals surface area contributed by atoms with Crippen LogP contribution in [0.25, 0.3) is 99.5 Å². The van der Waals surface area contributed by atoms with Crippen LogP contribution in [0.3, 0.4) is 0 Å². The van der Waals surface area contributed by atoms with Gasteiger partial charge in [-0.25, -0.2) is 15.0 Å². The summed E-state index contributed by atoms with van der Waals surface area (Å²) in [6.07, 6.45) is 0. The largest absolute Gasteiger partial charge is 0.208 e. The molecule has 0 N–H and O–H groups in total. The van der Waals surface area contributed by atoms with E-state index in [2.05, 4.69) is 190 Å². The molecule has 0 saturated carbocycles. The van der Waals surface area contributed by atoms with Gasteiger partial charge in [-0.1, -0.05) is 181 Å². The zero-order valence-corrected chi connectivity index (χ0v) is 30.1. The predicted octanol–water partition coefficient (Wildman–Crippen LogP) is 13.4. The minimum absolute atomic E-state index is 0.641. The van der Waals surface area contributed by atoms with Crippen molar-refractivity contribution >= 4 is 43.1 Å². The fourth-order valence-corrected chi connectivity index (χ4v) is 8.02. The summed E-state index contributed by atoms with van der Waals surface area (Å²) in [6, 6.07) is 63.0. The fourth-order valence-electron chi connectivity index (χ4n) is 8.02. The monoisotopic (exact) mass is 689 g/mol. The molecular formula is C51H35N3. The van der Waals surface area contributed by atoms with Crippen molar-refractivity contribution in [2.45, 2.75) is 13.8 Å². The minimum atomic E-state index is 0.641. The molecular weight excluding hydrogens is 655 g/mol. The highest BCUT2D eigenvalue weighted by atomic mass is 15.0. The van der Waals surface area contributed by atoms with Crippen LogP contribution < -0.4 is 0 Å². The quantitative estimate of drug-likeness (QED) is 0.133. The molecule has 254 valence electrons. The number of hydrogen-bond donors (Lipinski definition) is 0. The van der Waals surface area contributed by atoms with Crippen LogP contribution in [0.15, 0.2) is 176 Å². The third kappa shape index (κ3) is 5.33. The summed E-state index contributed by atoms with van der Waals surface area (Å²) in [5, 5.41) is 9.83. The highest BCUT2D eigenvalue weighted by Crippen LogP contribution is 2.50. The molecule has 0 saturated heterocycles. The Hall–Kier alpha value is -6.97. The number of fused-ring (bicyclic) bond motifs is 7. The molecule has 54 heavy (non-hydrogen) atoms. The highest BCUT2D eigenvalue weighted by molar-refractivity contribution is 6.36. The van der Waals surface area contributed by atoms with Gasteiger partial charge in [0.15, 0.2) is 17.5 Å². The molecule has 0 atom stereocenters. The molecule has 10 aromatic rings.